The van der Waals surface area contributed by atoms with Crippen molar-refractivity contribution in [2.75, 3.05) is 13.7 Å². The summed E-state index contributed by atoms with van der Waals surface area (Å²) in [6.45, 7) is 6.45. The van der Waals surface area contributed by atoms with Crippen LogP contribution in [0.5, 0.6) is 5.75 Å². The second-order valence-corrected chi connectivity index (χ2v) is 5.74. The van der Waals surface area contributed by atoms with Crippen molar-refractivity contribution < 1.29 is 9.53 Å². The summed E-state index contributed by atoms with van der Waals surface area (Å²) in [5, 5.41) is 2.87. The van der Waals surface area contributed by atoms with E-state index in [0.717, 1.165) is 17.7 Å². The Kier molecular flexibility index (Phi) is 5.36. The van der Waals surface area contributed by atoms with Gasteiger partial charge in [0.05, 0.1) is 13.2 Å². The number of carbonyl (C=O) groups excluding carboxylic acids is 1. The van der Waals surface area contributed by atoms with Crippen LogP contribution in [-0.4, -0.2) is 25.6 Å². The van der Waals surface area contributed by atoms with E-state index in [1.165, 1.54) is 0 Å². The van der Waals surface area contributed by atoms with Crippen LogP contribution in [0.4, 0.5) is 0 Å². The van der Waals surface area contributed by atoms with E-state index < -0.39 is 6.04 Å². The highest BCUT2D eigenvalue weighted by Crippen LogP contribution is 2.17. The molecule has 1 rings (SSSR count). The molecule has 0 heterocycles. The number of nitrogens with one attached hydrogen (secondary N) is 1. The molecule has 1 aromatic carbocycles. The lowest BCUT2D eigenvalue weighted by Crippen LogP contribution is -2.48. The van der Waals surface area contributed by atoms with Crippen molar-refractivity contribution in [3.8, 4) is 5.75 Å². The molecule has 0 aromatic heterocycles. The van der Waals surface area contributed by atoms with Gasteiger partial charge in [0.2, 0.25) is 5.91 Å². The molecule has 0 spiro atoms. The van der Waals surface area contributed by atoms with Crippen LogP contribution >= 0.6 is 0 Å². The molecule has 0 aliphatic carbocycles. The number of hydrogen-bond acceptors (Lipinski definition) is 3. The largest absolute Gasteiger partial charge is 0.497 e. The van der Waals surface area contributed by atoms with Crippen LogP contribution < -0.4 is 15.8 Å². The number of rotatable bonds is 5. The van der Waals surface area contributed by atoms with E-state index in [-0.39, 0.29) is 11.3 Å². The topological polar surface area (TPSA) is 64.3 Å². The van der Waals surface area contributed by atoms with E-state index in [9.17, 15) is 4.79 Å². The van der Waals surface area contributed by atoms with Gasteiger partial charge in [-0.05, 0) is 29.5 Å². The molecule has 1 amide bonds. The molecular formula is C15H24N2O2. The van der Waals surface area contributed by atoms with Crippen molar-refractivity contribution in [3.63, 3.8) is 0 Å². The number of carbonyl (C=O) groups is 1. The van der Waals surface area contributed by atoms with Crippen molar-refractivity contribution in [3.05, 3.63) is 29.8 Å². The quantitative estimate of drug-likeness (QED) is 0.851. The molecule has 4 heteroatoms. The monoisotopic (exact) mass is 264 g/mol. The molecule has 4 nitrogen and oxygen atoms in total. The fraction of sp³-hybridized carbons (Fsp3) is 0.533. The Balaban J connectivity index is 2.44. The number of ether oxygens (including phenoxy) is 1. The van der Waals surface area contributed by atoms with Gasteiger partial charge in [0.1, 0.15) is 5.75 Å². The van der Waals surface area contributed by atoms with Crippen LogP contribution in [0.25, 0.3) is 0 Å². The second kappa shape index (κ2) is 6.57. The molecule has 19 heavy (non-hydrogen) atoms. The first-order valence-corrected chi connectivity index (χ1v) is 6.51. The van der Waals surface area contributed by atoms with E-state index in [2.05, 4.69) is 5.32 Å². The van der Waals surface area contributed by atoms with Crippen LogP contribution in [0.2, 0.25) is 0 Å². The summed E-state index contributed by atoms with van der Waals surface area (Å²) >= 11 is 0. The van der Waals surface area contributed by atoms with Crippen LogP contribution in [0, 0.1) is 5.41 Å². The molecule has 0 bridgehead atoms. The molecule has 0 radical (unpaired) electrons. The van der Waals surface area contributed by atoms with Crippen molar-refractivity contribution in [1.29, 1.82) is 0 Å². The Morgan fingerprint density at radius 3 is 2.68 bits per heavy atom. The van der Waals surface area contributed by atoms with E-state index in [1.807, 2.05) is 45.0 Å². The molecule has 1 aromatic rings. The molecule has 106 valence electrons. The Labute approximate surface area is 115 Å². The highest BCUT2D eigenvalue weighted by molar-refractivity contribution is 5.82. The van der Waals surface area contributed by atoms with Crippen LogP contribution in [0.1, 0.15) is 26.3 Å². The van der Waals surface area contributed by atoms with E-state index in [4.69, 9.17) is 10.5 Å². The minimum absolute atomic E-state index is 0.101. The normalized spacial score (nSPS) is 12.9. The molecule has 0 aliphatic rings. The number of amides is 1. The molecule has 0 fully saturated rings. The summed E-state index contributed by atoms with van der Waals surface area (Å²) < 4.78 is 5.16. The number of hydrogen-bond donors (Lipinski definition) is 2. The highest BCUT2D eigenvalue weighted by Gasteiger charge is 2.26. The first-order valence-electron chi connectivity index (χ1n) is 6.51. The summed E-state index contributed by atoms with van der Waals surface area (Å²) in [7, 11) is 1.64. The Morgan fingerprint density at radius 2 is 2.11 bits per heavy atom. The third kappa shape index (κ3) is 4.91. The van der Waals surface area contributed by atoms with Gasteiger partial charge in [0, 0.05) is 6.54 Å². The van der Waals surface area contributed by atoms with Crippen molar-refractivity contribution in [2.45, 2.75) is 33.2 Å². The molecule has 1 unspecified atom stereocenters. The lowest BCUT2D eigenvalue weighted by atomic mass is 9.87. The van der Waals surface area contributed by atoms with E-state index in [1.54, 1.807) is 7.11 Å². The van der Waals surface area contributed by atoms with Crippen molar-refractivity contribution in [2.24, 2.45) is 11.1 Å². The SMILES string of the molecule is COc1cccc(CCNC(=O)C(N)C(C)(C)C)c1. The van der Waals surface area contributed by atoms with Gasteiger partial charge < -0.3 is 15.8 Å². The van der Waals surface area contributed by atoms with Gasteiger partial charge in [-0.15, -0.1) is 0 Å². The van der Waals surface area contributed by atoms with Crippen molar-refractivity contribution >= 4 is 5.91 Å². The predicted molar refractivity (Wildman–Crippen MR) is 77.1 cm³/mol. The zero-order valence-electron chi connectivity index (χ0n) is 12.2. The average Bonchev–Trinajstić information content (AvgIpc) is 2.37. The summed E-state index contributed by atoms with van der Waals surface area (Å²) in [5.74, 6) is 0.727. The molecule has 0 saturated carbocycles. The van der Waals surface area contributed by atoms with Gasteiger partial charge in [0.25, 0.3) is 0 Å². The number of benzene rings is 1. The van der Waals surface area contributed by atoms with Gasteiger partial charge >= 0.3 is 0 Å². The van der Waals surface area contributed by atoms with Gasteiger partial charge in [0.15, 0.2) is 0 Å². The molecular weight excluding hydrogens is 240 g/mol. The summed E-state index contributed by atoms with van der Waals surface area (Å²) in [6, 6.07) is 7.33. The van der Waals surface area contributed by atoms with Crippen LogP contribution in [-0.2, 0) is 11.2 Å². The maximum absolute atomic E-state index is 11.8. The van der Waals surface area contributed by atoms with Crippen LogP contribution in [0.3, 0.4) is 0 Å². The number of nitrogens with two attached hydrogens (primary N) is 1. The fourth-order valence-electron chi connectivity index (χ4n) is 1.66. The second-order valence-electron chi connectivity index (χ2n) is 5.74. The minimum Gasteiger partial charge on any atom is -0.497 e. The molecule has 0 aliphatic heterocycles. The molecule has 0 saturated heterocycles. The summed E-state index contributed by atoms with van der Waals surface area (Å²) in [6.07, 6.45) is 0.764. The zero-order valence-corrected chi connectivity index (χ0v) is 12.2. The average molecular weight is 264 g/mol. The zero-order chi connectivity index (χ0) is 14.5. The van der Waals surface area contributed by atoms with Gasteiger partial charge in [-0.25, -0.2) is 0 Å². The minimum atomic E-state index is -0.488. The maximum atomic E-state index is 11.8. The Morgan fingerprint density at radius 1 is 1.42 bits per heavy atom. The predicted octanol–water partition coefficient (Wildman–Crippen LogP) is 1.73. The first kappa shape index (κ1) is 15.5. The Bertz CT molecular complexity index is 424. The molecule has 1 atom stereocenters. The fourth-order valence-corrected chi connectivity index (χ4v) is 1.66. The van der Waals surface area contributed by atoms with E-state index in [0.29, 0.717) is 6.54 Å². The maximum Gasteiger partial charge on any atom is 0.237 e. The van der Waals surface area contributed by atoms with Gasteiger partial charge in [-0.2, -0.15) is 0 Å². The van der Waals surface area contributed by atoms with E-state index >= 15 is 0 Å². The summed E-state index contributed by atoms with van der Waals surface area (Å²) in [5.41, 5.74) is 6.79. The first-order chi connectivity index (χ1) is 8.84. The Hall–Kier alpha value is -1.55. The number of methoxy groups -OCH3 is 1. The molecule has 3 N–H and O–H groups in total. The lowest BCUT2D eigenvalue weighted by Gasteiger charge is -2.25. The lowest BCUT2D eigenvalue weighted by molar-refractivity contribution is -0.124. The highest BCUT2D eigenvalue weighted by atomic mass is 16.5. The third-order valence-electron chi connectivity index (χ3n) is 3.06. The van der Waals surface area contributed by atoms with Crippen LogP contribution in [0.15, 0.2) is 24.3 Å². The van der Waals surface area contributed by atoms with Gasteiger partial charge in [-0.1, -0.05) is 32.9 Å². The third-order valence-corrected chi connectivity index (χ3v) is 3.06. The standard InChI is InChI=1S/C15H24N2O2/c1-15(2,3)13(16)14(18)17-9-8-11-6-5-7-12(10-11)19-4/h5-7,10,13H,8-9,16H2,1-4H3,(H,17,18). The van der Waals surface area contributed by atoms with Gasteiger partial charge in [-0.3, -0.25) is 4.79 Å². The van der Waals surface area contributed by atoms with Crippen molar-refractivity contribution in [1.82, 2.24) is 5.32 Å². The summed E-state index contributed by atoms with van der Waals surface area (Å²) in [4.78, 5) is 11.8. The smallest absolute Gasteiger partial charge is 0.237 e.